The first-order valence-corrected chi connectivity index (χ1v) is 6.98. The normalized spacial score (nSPS) is 10.8. The number of halogens is 1. The maximum atomic E-state index is 12.2. The second-order valence-electron chi connectivity index (χ2n) is 4.00. The van der Waals surface area contributed by atoms with Crippen LogP contribution in [0.25, 0.3) is 0 Å². The summed E-state index contributed by atoms with van der Waals surface area (Å²) in [5.74, 6) is 0. The number of aromatic nitrogens is 2. The van der Waals surface area contributed by atoms with E-state index in [0.29, 0.717) is 12.0 Å². The van der Waals surface area contributed by atoms with E-state index < -0.39 is 5.69 Å². The van der Waals surface area contributed by atoms with Gasteiger partial charge in [0.25, 0.3) is 5.56 Å². The molecule has 0 radical (unpaired) electrons. The number of H-pyrrole nitrogens is 1. The lowest BCUT2D eigenvalue weighted by molar-refractivity contribution is 0.682. The van der Waals surface area contributed by atoms with Crippen LogP contribution in [0.2, 0.25) is 5.15 Å². The molecule has 96 valence electrons. The van der Waals surface area contributed by atoms with Crippen LogP contribution in [0.1, 0.15) is 24.5 Å². The second kappa shape index (κ2) is 5.54. The summed E-state index contributed by atoms with van der Waals surface area (Å²) < 4.78 is 1.19. The molecule has 2 heterocycles. The van der Waals surface area contributed by atoms with Crippen molar-refractivity contribution in [3.8, 4) is 0 Å². The van der Waals surface area contributed by atoms with Gasteiger partial charge in [0.15, 0.2) is 0 Å². The third kappa shape index (κ3) is 2.57. The van der Waals surface area contributed by atoms with E-state index in [2.05, 4.69) is 4.98 Å². The minimum atomic E-state index is -0.462. The topological polar surface area (TPSA) is 54.9 Å². The fourth-order valence-electron chi connectivity index (χ4n) is 1.76. The Kier molecular flexibility index (Phi) is 4.04. The van der Waals surface area contributed by atoms with Gasteiger partial charge in [0.1, 0.15) is 5.15 Å². The Labute approximate surface area is 113 Å². The van der Waals surface area contributed by atoms with Crippen molar-refractivity contribution in [2.45, 2.75) is 26.3 Å². The van der Waals surface area contributed by atoms with Gasteiger partial charge in [-0.05, 0) is 28.8 Å². The predicted octanol–water partition coefficient (Wildman–Crippen LogP) is 2.25. The zero-order valence-electron chi connectivity index (χ0n) is 9.90. The summed E-state index contributed by atoms with van der Waals surface area (Å²) in [7, 11) is 0. The third-order valence-corrected chi connectivity index (χ3v) is 3.71. The lowest BCUT2D eigenvalue weighted by Crippen LogP contribution is -2.37. The maximum absolute atomic E-state index is 12.2. The van der Waals surface area contributed by atoms with Gasteiger partial charge in [-0.25, -0.2) is 4.79 Å². The summed E-state index contributed by atoms with van der Waals surface area (Å²) in [4.78, 5) is 26.5. The van der Waals surface area contributed by atoms with Crippen molar-refractivity contribution in [2.24, 2.45) is 0 Å². The van der Waals surface area contributed by atoms with Gasteiger partial charge >= 0.3 is 5.69 Å². The van der Waals surface area contributed by atoms with Crippen LogP contribution in [-0.2, 0) is 13.0 Å². The zero-order chi connectivity index (χ0) is 13.1. The van der Waals surface area contributed by atoms with E-state index in [9.17, 15) is 9.59 Å². The Morgan fingerprint density at radius 3 is 2.83 bits per heavy atom. The number of hydrogen-bond acceptors (Lipinski definition) is 3. The highest BCUT2D eigenvalue weighted by atomic mass is 35.5. The number of rotatable bonds is 4. The molecular weight excluding hydrogens is 272 g/mol. The molecule has 0 aliphatic rings. The van der Waals surface area contributed by atoms with E-state index in [1.165, 1.54) is 15.9 Å². The fourth-order valence-corrected chi connectivity index (χ4v) is 2.68. The molecule has 0 saturated carbocycles. The molecule has 0 amide bonds. The fraction of sp³-hybridized carbons (Fsp3) is 0.333. The lowest BCUT2D eigenvalue weighted by atomic mass is 10.2. The van der Waals surface area contributed by atoms with Crippen molar-refractivity contribution in [3.63, 3.8) is 0 Å². The molecule has 0 atom stereocenters. The highest BCUT2D eigenvalue weighted by Gasteiger charge is 2.12. The van der Waals surface area contributed by atoms with Gasteiger partial charge in [0.2, 0.25) is 0 Å². The van der Waals surface area contributed by atoms with Crippen molar-refractivity contribution in [1.82, 2.24) is 9.55 Å². The largest absolute Gasteiger partial charge is 0.329 e. The van der Waals surface area contributed by atoms with Gasteiger partial charge in [0, 0.05) is 0 Å². The summed E-state index contributed by atoms with van der Waals surface area (Å²) in [6, 6.07) is 1.89. The van der Waals surface area contributed by atoms with E-state index in [0.717, 1.165) is 12.0 Å². The standard InChI is InChI=1S/C12H13ClN2O2S/c1-2-3-9-10(13)14-12(17)15(11(9)16)6-8-4-5-18-7-8/h4-5,7H,2-3,6H2,1H3,(H,14,17). The van der Waals surface area contributed by atoms with E-state index in [1.54, 1.807) is 0 Å². The Morgan fingerprint density at radius 2 is 2.22 bits per heavy atom. The smallest absolute Gasteiger partial charge is 0.297 e. The quantitative estimate of drug-likeness (QED) is 0.876. The molecule has 0 bridgehead atoms. The second-order valence-corrected chi connectivity index (χ2v) is 5.15. The Morgan fingerprint density at radius 1 is 1.44 bits per heavy atom. The average molecular weight is 285 g/mol. The van der Waals surface area contributed by atoms with E-state index in [1.807, 2.05) is 23.8 Å². The molecule has 1 N–H and O–H groups in total. The molecule has 0 aliphatic carbocycles. The first kappa shape index (κ1) is 13.1. The molecule has 0 spiro atoms. The Hall–Kier alpha value is -1.33. The minimum absolute atomic E-state index is 0.161. The molecular formula is C12H13ClN2O2S. The Bertz CT molecular complexity index is 643. The van der Waals surface area contributed by atoms with Gasteiger partial charge in [-0.15, -0.1) is 0 Å². The number of nitrogens with zero attached hydrogens (tertiary/aromatic N) is 1. The molecule has 0 aliphatic heterocycles. The van der Waals surface area contributed by atoms with Crippen LogP contribution < -0.4 is 11.2 Å². The van der Waals surface area contributed by atoms with Crippen LogP contribution in [0.15, 0.2) is 26.4 Å². The van der Waals surface area contributed by atoms with Gasteiger partial charge in [-0.1, -0.05) is 24.9 Å². The monoisotopic (exact) mass is 284 g/mol. The van der Waals surface area contributed by atoms with Crippen molar-refractivity contribution in [2.75, 3.05) is 0 Å². The first-order valence-electron chi connectivity index (χ1n) is 5.66. The zero-order valence-corrected chi connectivity index (χ0v) is 11.5. The molecule has 0 fully saturated rings. The van der Waals surface area contributed by atoms with E-state index >= 15 is 0 Å². The average Bonchev–Trinajstić information content (AvgIpc) is 2.83. The first-order chi connectivity index (χ1) is 8.63. The molecule has 2 aromatic rings. The van der Waals surface area contributed by atoms with Crippen LogP contribution >= 0.6 is 22.9 Å². The number of aromatic amines is 1. The lowest BCUT2D eigenvalue weighted by Gasteiger charge is -2.07. The Balaban J connectivity index is 2.50. The van der Waals surface area contributed by atoms with Crippen molar-refractivity contribution in [3.05, 3.63) is 53.9 Å². The highest BCUT2D eigenvalue weighted by molar-refractivity contribution is 7.07. The predicted molar refractivity (Wildman–Crippen MR) is 73.7 cm³/mol. The van der Waals surface area contributed by atoms with E-state index in [4.69, 9.17) is 11.6 Å². The summed E-state index contributed by atoms with van der Waals surface area (Å²) in [6.45, 7) is 2.25. The van der Waals surface area contributed by atoms with Crippen LogP contribution in [0.3, 0.4) is 0 Å². The molecule has 4 nitrogen and oxygen atoms in total. The van der Waals surface area contributed by atoms with Gasteiger partial charge in [-0.3, -0.25) is 14.3 Å². The summed E-state index contributed by atoms with van der Waals surface area (Å²) in [5.41, 5.74) is 0.666. The molecule has 0 unspecified atom stereocenters. The number of hydrogen-bond donors (Lipinski definition) is 1. The molecule has 0 aromatic carbocycles. The third-order valence-electron chi connectivity index (χ3n) is 2.65. The molecule has 2 rings (SSSR count). The highest BCUT2D eigenvalue weighted by Crippen LogP contribution is 2.10. The summed E-state index contributed by atoms with van der Waals surface area (Å²) >= 11 is 7.44. The van der Waals surface area contributed by atoms with Gasteiger partial charge < -0.3 is 0 Å². The molecule has 6 heteroatoms. The molecule has 2 aromatic heterocycles. The van der Waals surface area contributed by atoms with Crippen molar-refractivity contribution >= 4 is 22.9 Å². The van der Waals surface area contributed by atoms with Crippen LogP contribution in [0, 0.1) is 0 Å². The van der Waals surface area contributed by atoms with Gasteiger partial charge in [0.05, 0.1) is 12.1 Å². The SMILES string of the molecule is CCCc1c(Cl)[nH]c(=O)n(Cc2ccsc2)c1=O. The van der Waals surface area contributed by atoms with Crippen molar-refractivity contribution < 1.29 is 0 Å². The van der Waals surface area contributed by atoms with Crippen LogP contribution in [0.5, 0.6) is 0 Å². The van der Waals surface area contributed by atoms with Crippen LogP contribution in [0.4, 0.5) is 0 Å². The maximum Gasteiger partial charge on any atom is 0.329 e. The van der Waals surface area contributed by atoms with Crippen molar-refractivity contribution in [1.29, 1.82) is 0 Å². The summed E-state index contributed by atoms with van der Waals surface area (Å²) in [5, 5.41) is 3.99. The molecule has 18 heavy (non-hydrogen) atoms. The molecule has 0 saturated heterocycles. The van der Waals surface area contributed by atoms with E-state index in [-0.39, 0.29) is 17.3 Å². The minimum Gasteiger partial charge on any atom is -0.297 e. The van der Waals surface area contributed by atoms with Crippen LogP contribution in [-0.4, -0.2) is 9.55 Å². The van der Waals surface area contributed by atoms with Gasteiger partial charge in [-0.2, -0.15) is 11.3 Å². The number of thiophene rings is 1. The number of nitrogens with one attached hydrogen (secondary N) is 1. The summed E-state index contributed by atoms with van der Waals surface area (Å²) in [6.07, 6.45) is 1.37.